The van der Waals surface area contributed by atoms with Crippen LogP contribution >= 0.6 is 0 Å². The number of hydrogen-bond donors (Lipinski definition) is 2. The van der Waals surface area contributed by atoms with Crippen LogP contribution in [0.1, 0.15) is 30.5 Å². The average molecular weight is 428 g/mol. The summed E-state index contributed by atoms with van der Waals surface area (Å²) < 4.78 is 21.9. The van der Waals surface area contributed by atoms with Crippen LogP contribution in [0.2, 0.25) is 0 Å². The Kier molecular flexibility index (Phi) is 6.89. The average Bonchev–Trinajstić information content (AvgIpc) is 3.01. The van der Waals surface area contributed by atoms with Crippen LogP contribution < -0.4 is 30.3 Å². The molecule has 0 aromatic heterocycles. The van der Waals surface area contributed by atoms with Crippen molar-refractivity contribution in [3.8, 4) is 28.4 Å². The van der Waals surface area contributed by atoms with Gasteiger partial charge in [0.2, 0.25) is 11.2 Å². The lowest BCUT2D eigenvalue weighted by molar-refractivity contribution is 0.147. The molecule has 0 saturated carbocycles. The summed E-state index contributed by atoms with van der Waals surface area (Å²) in [5.41, 5.74) is 3.50. The predicted octanol–water partition coefficient (Wildman–Crippen LogP) is 3.51. The smallest absolute Gasteiger partial charge is 0.407 e. The zero-order chi connectivity index (χ0) is 22.5. The summed E-state index contributed by atoms with van der Waals surface area (Å²) in [5.74, 6) is 1.53. The summed E-state index contributed by atoms with van der Waals surface area (Å²) >= 11 is 0. The number of fused-ring (bicyclic) bond motifs is 3. The highest BCUT2D eigenvalue weighted by atomic mass is 16.5. The molecule has 1 aliphatic carbocycles. The maximum Gasteiger partial charge on any atom is 0.407 e. The Hall–Kier alpha value is -3.42. The van der Waals surface area contributed by atoms with Crippen LogP contribution in [0.4, 0.5) is 10.5 Å². The number of carbonyl (C=O) groups excluding carboxylic acids is 1. The molecule has 8 heteroatoms. The number of anilines is 1. The Bertz CT molecular complexity index is 1040. The Morgan fingerprint density at radius 2 is 1.84 bits per heavy atom. The van der Waals surface area contributed by atoms with Gasteiger partial charge in [-0.3, -0.25) is 4.79 Å². The van der Waals surface area contributed by atoms with E-state index in [2.05, 4.69) is 10.6 Å². The van der Waals surface area contributed by atoms with E-state index in [1.165, 1.54) is 0 Å². The zero-order valence-corrected chi connectivity index (χ0v) is 18.5. The second kappa shape index (κ2) is 9.59. The zero-order valence-electron chi connectivity index (χ0n) is 18.5. The van der Waals surface area contributed by atoms with Crippen molar-refractivity contribution in [1.82, 2.24) is 5.32 Å². The topological polar surface area (TPSA) is 95.1 Å². The summed E-state index contributed by atoms with van der Waals surface area (Å²) in [5, 5.41) is 5.82. The summed E-state index contributed by atoms with van der Waals surface area (Å²) in [4.78, 5) is 25.0. The van der Waals surface area contributed by atoms with E-state index in [0.717, 1.165) is 16.7 Å². The third kappa shape index (κ3) is 4.23. The fourth-order valence-electron chi connectivity index (χ4n) is 3.98. The number of rotatable bonds is 6. The van der Waals surface area contributed by atoms with Gasteiger partial charge in [0.15, 0.2) is 11.5 Å². The largest absolute Gasteiger partial charge is 0.493 e. The standard InChI is InChI=1S/C23H28N2O6/c1-6-31-23(27)25-16-9-7-13-11-19(28-3)21(29-4)22(30-5)20(13)14-8-10-17(24-2)18(26)12-15(14)16/h8,10-12,16H,6-7,9H2,1-5H3,(H,24,26)(H,25,27)/t16-/m0/s1. The van der Waals surface area contributed by atoms with Crippen molar-refractivity contribution in [2.75, 3.05) is 40.3 Å². The molecule has 1 amide bonds. The fourth-order valence-corrected chi connectivity index (χ4v) is 3.98. The molecule has 1 atom stereocenters. The van der Waals surface area contributed by atoms with Gasteiger partial charge in [0.1, 0.15) is 0 Å². The van der Waals surface area contributed by atoms with Crippen molar-refractivity contribution < 1.29 is 23.7 Å². The molecule has 0 spiro atoms. The van der Waals surface area contributed by atoms with E-state index < -0.39 is 12.1 Å². The number of methoxy groups -OCH3 is 3. The number of alkyl carbamates (subject to hydrolysis) is 1. The number of benzene rings is 1. The summed E-state index contributed by atoms with van der Waals surface area (Å²) in [7, 11) is 6.38. The van der Waals surface area contributed by atoms with E-state index in [1.54, 1.807) is 47.4 Å². The van der Waals surface area contributed by atoms with Crippen LogP contribution in [0.15, 0.2) is 29.1 Å². The third-order valence-corrected chi connectivity index (χ3v) is 5.38. The molecule has 3 rings (SSSR count). The van der Waals surface area contributed by atoms with Crippen molar-refractivity contribution >= 4 is 11.8 Å². The second-order valence-electron chi connectivity index (χ2n) is 7.01. The van der Waals surface area contributed by atoms with Gasteiger partial charge in [-0.2, -0.15) is 0 Å². The molecule has 0 unspecified atom stereocenters. The molecule has 2 aromatic rings. The van der Waals surface area contributed by atoms with Crippen molar-refractivity contribution in [2.24, 2.45) is 0 Å². The molecule has 31 heavy (non-hydrogen) atoms. The first kappa shape index (κ1) is 22.3. The third-order valence-electron chi connectivity index (χ3n) is 5.38. The SMILES string of the molecule is CCOC(=O)N[C@H]1CCc2cc(OC)c(OC)c(OC)c2-c2ccc(NC)c(=O)cc21. The molecule has 8 nitrogen and oxygen atoms in total. The van der Waals surface area contributed by atoms with Gasteiger partial charge in [-0.05, 0) is 54.7 Å². The van der Waals surface area contributed by atoms with Crippen LogP contribution in [0.3, 0.4) is 0 Å². The van der Waals surface area contributed by atoms with Crippen LogP contribution in [-0.4, -0.2) is 41.1 Å². The van der Waals surface area contributed by atoms with Gasteiger partial charge in [0.25, 0.3) is 0 Å². The minimum atomic E-state index is -0.528. The van der Waals surface area contributed by atoms with E-state index in [4.69, 9.17) is 18.9 Å². The molecular weight excluding hydrogens is 400 g/mol. The summed E-state index contributed by atoms with van der Waals surface area (Å²) in [6, 6.07) is 6.64. The van der Waals surface area contributed by atoms with Gasteiger partial charge in [-0.15, -0.1) is 0 Å². The molecule has 0 radical (unpaired) electrons. The molecule has 0 saturated heterocycles. The minimum absolute atomic E-state index is 0.178. The highest BCUT2D eigenvalue weighted by Gasteiger charge is 2.29. The number of carbonyl (C=O) groups is 1. The van der Waals surface area contributed by atoms with Crippen molar-refractivity contribution in [2.45, 2.75) is 25.8 Å². The van der Waals surface area contributed by atoms with E-state index in [9.17, 15) is 9.59 Å². The summed E-state index contributed by atoms with van der Waals surface area (Å²) in [6.45, 7) is 2.00. The second-order valence-corrected chi connectivity index (χ2v) is 7.01. The van der Waals surface area contributed by atoms with E-state index in [-0.39, 0.29) is 12.0 Å². The molecule has 2 N–H and O–H groups in total. The number of ether oxygens (including phenoxy) is 4. The monoisotopic (exact) mass is 428 g/mol. The summed E-state index contributed by atoms with van der Waals surface area (Å²) in [6.07, 6.45) is 0.657. The van der Waals surface area contributed by atoms with E-state index in [0.29, 0.717) is 41.3 Å². The lowest BCUT2D eigenvalue weighted by Crippen LogP contribution is -2.29. The van der Waals surface area contributed by atoms with Gasteiger partial charge in [-0.25, -0.2) is 4.79 Å². The van der Waals surface area contributed by atoms with Gasteiger partial charge >= 0.3 is 6.09 Å². The van der Waals surface area contributed by atoms with Crippen LogP contribution in [0, 0.1) is 0 Å². The molecule has 166 valence electrons. The molecule has 0 bridgehead atoms. The van der Waals surface area contributed by atoms with Crippen LogP contribution in [-0.2, 0) is 11.2 Å². The first-order chi connectivity index (χ1) is 15.0. The first-order valence-electron chi connectivity index (χ1n) is 10.1. The molecule has 2 aromatic carbocycles. The van der Waals surface area contributed by atoms with E-state index >= 15 is 0 Å². The van der Waals surface area contributed by atoms with Gasteiger partial charge in [0.05, 0.1) is 39.7 Å². The van der Waals surface area contributed by atoms with Gasteiger partial charge in [0, 0.05) is 12.6 Å². The lowest BCUT2D eigenvalue weighted by Gasteiger charge is -2.19. The Morgan fingerprint density at radius 3 is 2.45 bits per heavy atom. The van der Waals surface area contributed by atoms with Crippen molar-refractivity contribution in [3.05, 3.63) is 45.6 Å². The minimum Gasteiger partial charge on any atom is -0.493 e. The van der Waals surface area contributed by atoms with Gasteiger partial charge < -0.3 is 29.6 Å². The predicted molar refractivity (Wildman–Crippen MR) is 119 cm³/mol. The van der Waals surface area contributed by atoms with Crippen LogP contribution in [0.25, 0.3) is 11.1 Å². The highest BCUT2D eigenvalue weighted by Crippen LogP contribution is 2.50. The quantitative estimate of drug-likeness (QED) is 0.727. The Morgan fingerprint density at radius 1 is 1.10 bits per heavy atom. The fraction of sp³-hybridized carbons (Fsp3) is 0.391. The molecule has 0 heterocycles. The van der Waals surface area contributed by atoms with Crippen molar-refractivity contribution in [1.29, 1.82) is 0 Å². The normalized spacial score (nSPS) is 14.4. The first-order valence-corrected chi connectivity index (χ1v) is 10.1. The molecular formula is C23H28N2O6. The Balaban J connectivity index is 2.33. The van der Waals surface area contributed by atoms with Crippen LogP contribution in [0.5, 0.6) is 17.2 Å². The maximum absolute atomic E-state index is 12.8. The Labute approximate surface area is 181 Å². The molecule has 0 aliphatic heterocycles. The lowest BCUT2D eigenvalue weighted by atomic mass is 9.95. The molecule has 1 aliphatic rings. The number of hydrogen-bond acceptors (Lipinski definition) is 7. The maximum atomic E-state index is 12.8. The number of amides is 1. The molecule has 0 fully saturated rings. The number of nitrogens with one attached hydrogen (secondary N) is 2. The number of aryl methyl sites for hydroxylation is 1. The van der Waals surface area contributed by atoms with Gasteiger partial charge in [-0.1, -0.05) is 6.07 Å². The van der Waals surface area contributed by atoms with Crippen molar-refractivity contribution in [3.63, 3.8) is 0 Å². The van der Waals surface area contributed by atoms with E-state index in [1.807, 2.05) is 12.1 Å². The highest BCUT2D eigenvalue weighted by molar-refractivity contribution is 5.83.